The number of hydrazone groups is 1. The van der Waals surface area contributed by atoms with Crippen LogP contribution in [0.3, 0.4) is 0 Å². The second kappa shape index (κ2) is 8.36. The van der Waals surface area contributed by atoms with Gasteiger partial charge in [-0.2, -0.15) is 5.10 Å². The number of hydrogen-bond donors (Lipinski definition) is 1. The van der Waals surface area contributed by atoms with Crippen LogP contribution in [0.5, 0.6) is 0 Å². The maximum Gasteiger partial charge on any atom is 0.272 e. The highest BCUT2D eigenvalue weighted by molar-refractivity contribution is 6.00. The minimum absolute atomic E-state index is 0.00791. The molecule has 25 heavy (non-hydrogen) atoms. The third-order valence-electron chi connectivity index (χ3n) is 4.18. The number of nitrogens with zero attached hydrogens (tertiary/aromatic N) is 3. The van der Waals surface area contributed by atoms with Crippen molar-refractivity contribution >= 4 is 23.2 Å². The number of hydrogen-bond acceptors (Lipinski definition) is 5. The Hall–Kier alpha value is -2.77. The first-order chi connectivity index (χ1) is 11.9. The van der Waals surface area contributed by atoms with Gasteiger partial charge in [-0.1, -0.05) is 18.6 Å². The van der Waals surface area contributed by atoms with Crippen LogP contribution < -0.4 is 5.43 Å². The largest absolute Gasteiger partial charge is 0.333 e. The fourth-order valence-corrected chi connectivity index (χ4v) is 2.66. The van der Waals surface area contributed by atoms with Gasteiger partial charge in [0.25, 0.3) is 11.6 Å². The third-order valence-corrected chi connectivity index (χ3v) is 4.18. The molecular weight excluding hydrogens is 324 g/mol. The summed E-state index contributed by atoms with van der Waals surface area (Å²) >= 11 is 0. The molecule has 0 atom stereocenters. The van der Waals surface area contributed by atoms with Crippen molar-refractivity contribution in [3.63, 3.8) is 0 Å². The van der Waals surface area contributed by atoms with E-state index in [1.807, 2.05) is 0 Å². The number of nitro benzene ring substituents is 1. The normalized spacial score (nSPS) is 15.7. The summed E-state index contributed by atoms with van der Waals surface area (Å²) in [5, 5.41) is 15.0. The van der Waals surface area contributed by atoms with Gasteiger partial charge >= 0.3 is 0 Å². The molecule has 0 saturated carbocycles. The second-order valence-corrected chi connectivity index (χ2v) is 6.12. The van der Waals surface area contributed by atoms with Gasteiger partial charge in [-0.3, -0.25) is 19.7 Å². The van der Waals surface area contributed by atoms with Crippen molar-refractivity contribution in [1.29, 1.82) is 0 Å². The number of amides is 2. The molecule has 2 amide bonds. The topological polar surface area (TPSA) is 105 Å². The molecule has 1 saturated heterocycles. The van der Waals surface area contributed by atoms with Crippen molar-refractivity contribution < 1.29 is 14.5 Å². The van der Waals surface area contributed by atoms with Gasteiger partial charge in [0, 0.05) is 30.2 Å². The summed E-state index contributed by atoms with van der Waals surface area (Å²) in [4.78, 5) is 36.0. The monoisotopic (exact) mass is 346 g/mol. The lowest BCUT2D eigenvalue weighted by Crippen LogP contribution is -2.39. The summed E-state index contributed by atoms with van der Waals surface area (Å²) in [6.07, 6.45) is 3.23. The highest BCUT2D eigenvalue weighted by Crippen LogP contribution is 2.19. The molecule has 0 bridgehead atoms. The summed E-state index contributed by atoms with van der Waals surface area (Å²) in [6, 6.07) is 4.79. The molecule has 1 aromatic carbocycles. The molecule has 0 spiro atoms. The van der Waals surface area contributed by atoms with Crippen LogP contribution in [0.25, 0.3) is 0 Å². The number of rotatable bonds is 5. The molecule has 8 heteroatoms. The molecule has 1 N–H and O–H groups in total. The van der Waals surface area contributed by atoms with Crippen molar-refractivity contribution in [3.8, 4) is 0 Å². The van der Waals surface area contributed by atoms with E-state index in [1.54, 1.807) is 30.9 Å². The zero-order chi connectivity index (χ0) is 18.4. The van der Waals surface area contributed by atoms with Gasteiger partial charge in [0.1, 0.15) is 6.54 Å². The fourth-order valence-electron chi connectivity index (χ4n) is 2.66. The standard InChI is InChI=1S/C17H22N4O4/c1-12-7-8-14(10-15(12)21(24)25)13(2)18-19-16(22)11-20-9-5-3-4-6-17(20)23/h7-8,10H,3-6,9,11H2,1-2H3,(H,19,22)/b18-13-. The lowest BCUT2D eigenvalue weighted by molar-refractivity contribution is -0.385. The van der Waals surface area contributed by atoms with E-state index in [-0.39, 0.29) is 24.0 Å². The summed E-state index contributed by atoms with van der Waals surface area (Å²) < 4.78 is 0. The molecule has 1 fully saturated rings. The van der Waals surface area contributed by atoms with Crippen LogP contribution in [0.15, 0.2) is 23.3 Å². The van der Waals surface area contributed by atoms with E-state index >= 15 is 0 Å². The minimum Gasteiger partial charge on any atom is -0.333 e. The molecule has 1 aromatic rings. The van der Waals surface area contributed by atoms with Crippen molar-refractivity contribution in [2.75, 3.05) is 13.1 Å². The number of benzene rings is 1. The van der Waals surface area contributed by atoms with Crippen LogP contribution in [-0.4, -0.2) is 40.4 Å². The summed E-state index contributed by atoms with van der Waals surface area (Å²) in [6.45, 7) is 3.88. The van der Waals surface area contributed by atoms with Crippen molar-refractivity contribution in [2.24, 2.45) is 5.10 Å². The Kier molecular flexibility index (Phi) is 6.21. The molecule has 8 nitrogen and oxygen atoms in total. The van der Waals surface area contributed by atoms with Gasteiger partial charge in [0.15, 0.2) is 0 Å². The molecule has 0 aliphatic carbocycles. The predicted octanol–water partition coefficient (Wildman–Crippen LogP) is 2.15. The lowest BCUT2D eigenvalue weighted by atomic mass is 10.1. The number of carbonyl (C=O) groups is 2. The van der Waals surface area contributed by atoms with E-state index in [4.69, 9.17) is 0 Å². The zero-order valence-corrected chi connectivity index (χ0v) is 14.4. The smallest absolute Gasteiger partial charge is 0.272 e. The maximum absolute atomic E-state index is 12.0. The molecule has 1 aliphatic heterocycles. The molecule has 0 unspecified atom stereocenters. The number of aryl methyl sites for hydroxylation is 1. The van der Waals surface area contributed by atoms with E-state index < -0.39 is 4.92 Å². The summed E-state index contributed by atoms with van der Waals surface area (Å²) in [5.74, 6) is -0.390. The Morgan fingerprint density at radius 3 is 2.84 bits per heavy atom. The average Bonchev–Trinajstić information content (AvgIpc) is 2.77. The van der Waals surface area contributed by atoms with E-state index in [0.29, 0.717) is 29.8 Å². The Labute approximate surface area is 146 Å². The second-order valence-electron chi connectivity index (χ2n) is 6.12. The van der Waals surface area contributed by atoms with Gasteiger partial charge in [-0.25, -0.2) is 5.43 Å². The first-order valence-electron chi connectivity index (χ1n) is 8.25. The van der Waals surface area contributed by atoms with Crippen LogP contribution >= 0.6 is 0 Å². The van der Waals surface area contributed by atoms with Gasteiger partial charge < -0.3 is 4.90 Å². The van der Waals surface area contributed by atoms with Crippen molar-refractivity contribution in [1.82, 2.24) is 10.3 Å². The molecule has 1 aliphatic rings. The quantitative estimate of drug-likeness (QED) is 0.501. The zero-order valence-electron chi connectivity index (χ0n) is 14.4. The fraction of sp³-hybridized carbons (Fsp3) is 0.471. The first kappa shape index (κ1) is 18.6. The van der Waals surface area contributed by atoms with Crippen LogP contribution in [0.2, 0.25) is 0 Å². The van der Waals surface area contributed by atoms with Gasteiger partial charge in [0.05, 0.1) is 10.6 Å². The highest BCUT2D eigenvalue weighted by atomic mass is 16.6. The van der Waals surface area contributed by atoms with E-state index in [1.165, 1.54) is 6.07 Å². The molecule has 0 radical (unpaired) electrons. The highest BCUT2D eigenvalue weighted by Gasteiger charge is 2.19. The van der Waals surface area contributed by atoms with E-state index in [0.717, 1.165) is 19.3 Å². The van der Waals surface area contributed by atoms with Gasteiger partial charge in [-0.15, -0.1) is 0 Å². The summed E-state index contributed by atoms with van der Waals surface area (Å²) in [5.41, 5.74) is 4.00. The van der Waals surface area contributed by atoms with Crippen LogP contribution in [0.4, 0.5) is 5.69 Å². The van der Waals surface area contributed by atoms with Crippen molar-refractivity contribution in [2.45, 2.75) is 39.5 Å². The molecule has 0 aromatic heterocycles. The number of nitro groups is 1. The SMILES string of the molecule is C/C(=N/NC(=O)CN1CCCCCC1=O)c1ccc(C)c([N+](=O)[O-])c1. The molecule has 134 valence electrons. The Bertz CT molecular complexity index is 715. The van der Waals surface area contributed by atoms with Crippen LogP contribution in [0, 0.1) is 17.0 Å². The van der Waals surface area contributed by atoms with Gasteiger partial charge in [-0.05, 0) is 26.7 Å². The predicted molar refractivity (Wildman–Crippen MR) is 93.2 cm³/mol. The Morgan fingerprint density at radius 1 is 1.36 bits per heavy atom. The third kappa shape index (κ3) is 5.10. The maximum atomic E-state index is 12.0. The number of likely N-dealkylation sites (tertiary alicyclic amines) is 1. The van der Waals surface area contributed by atoms with Gasteiger partial charge in [0.2, 0.25) is 5.91 Å². The van der Waals surface area contributed by atoms with Crippen molar-refractivity contribution in [3.05, 3.63) is 39.4 Å². The summed E-state index contributed by atoms with van der Waals surface area (Å²) in [7, 11) is 0. The molecule has 1 heterocycles. The lowest BCUT2D eigenvalue weighted by Gasteiger charge is -2.19. The van der Waals surface area contributed by atoms with E-state index in [9.17, 15) is 19.7 Å². The Balaban J connectivity index is 2.00. The Morgan fingerprint density at radius 2 is 2.12 bits per heavy atom. The van der Waals surface area contributed by atoms with Crippen LogP contribution in [0.1, 0.15) is 43.7 Å². The molecular formula is C17H22N4O4. The number of nitrogens with one attached hydrogen (secondary N) is 1. The van der Waals surface area contributed by atoms with E-state index in [2.05, 4.69) is 10.5 Å². The number of carbonyl (C=O) groups excluding carboxylic acids is 2. The minimum atomic E-state index is -0.449. The van der Waals surface area contributed by atoms with Crippen LogP contribution in [-0.2, 0) is 9.59 Å². The average molecular weight is 346 g/mol. The first-order valence-corrected chi connectivity index (χ1v) is 8.25. The molecule has 2 rings (SSSR count).